The maximum Gasteiger partial charge on any atom is 0.234 e. The number of hydrogen-bond donors (Lipinski definition) is 3. The molecule has 0 radical (unpaired) electrons. The van der Waals surface area contributed by atoms with E-state index in [9.17, 15) is 4.79 Å². The third-order valence-corrected chi connectivity index (χ3v) is 1.37. The number of aromatic nitrogens is 2. The van der Waals surface area contributed by atoms with Crippen LogP contribution in [0.15, 0.2) is 12.3 Å². The summed E-state index contributed by atoms with van der Waals surface area (Å²) in [7, 11) is 1.73. The molecule has 0 bridgehead atoms. The van der Waals surface area contributed by atoms with E-state index < -0.39 is 0 Å². The van der Waals surface area contributed by atoms with Gasteiger partial charge in [-0.05, 0) is 13.1 Å². The number of carbonyl (C=O) groups is 1. The lowest BCUT2D eigenvalue weighted by Crippen LogP contribution is -2.31. The molecule has 12 heavy (non-hydrogen) atoms. The fourth-order valence-electron chi connectivity index (χ4n) is 0.800. The van der Waals surface area contributed by atoms with Crippen molar-refractivity contribution in [3.8, 4) is 0 Å². The Morgan fingerprint density at radius 3 is 3.17 bits per heavy atom. The van der Waals surface area contributed by atoms with Gasteiger partial charge in [-0.25, -0.2) is 0 Å². The van der Waals surface area contributed by atoms with E-state index in [0.29, 0.717) is 13.1 Å². The van der Waals surface area contributed by atoms with Gasteiger partial charge in [-0.2, -0.15) is 5.10 Å². The average Bonchev–Trinajstić information content (AvgIpc) is 2.53. The normalized spacial score (nSPS) is 9.75. The Labute approximate surface area is 70.5 Å². The molecular weight excluding hydrogens is 156 g/mol. The van der Waals surface area contributed by atoms with Crippen LogP contribution in [0.4, 0.5) is 0 Å². The Morgan fingerprint density at radius 2 is 2.58 bits per heavy atom. The van der Waals surface area contributed by atoms with Crippen molar-refractivity contribution in [1.29, 1.82) is 0 Å². The van der Waals surface area contributed by atoms with E-state index in [4.69, 9.17) is 0 Å². The number of aromatic amines is 1. The highest BCUT2D eigenvalue weighted by Gasteiger charge is 1.98. The summed E-state index contributed by atoms with van der Waals surface area (Å²) in [5, 5.41) is 12.0. The molecule has 66 valence electrons. The van der Waals surface area contributed by atoms with Gasteiger partial charge in [0.2, 0.25) is 5.91 Å². The summed E-state index contributed by atoms with van der Waals surface area (Å²) in [4.78, 5) is 10.9. The Bertz CT molecular complexity index is 232. The quantitative estimate of drug-likeness (QED) is 0.553. The summed E-state index contributed by atoms with van der Waals surface area (Å²) in [6.45, 7) is 0.842. The number of carbonyl (C=O) groups excluding carboxylic acids is 1. The smallest absolute Gasteiger partial charge is 0.234 e. The number of nitrogens with zero attached hydrogens (tertiary/aromatic N) is 1. The van der Waals surface area contributed by atoms with Gasteiger partial charge in [-0.3, -0.25) is 9.89 Å². The van der Waals surface area contributed by atoms with Crippen molar-refractivity contribution in [2.24, 2.45) is 0 Å². The topological polar surface area (TPSA) is 69.8 Å². The second kappa shape index (κ2) is 4.50. The Morgan fingerprint density at radius 1 is 1.75 bits per heavy atom. The largest absolute Gasteiger partial charge is 0.349 e. The van der Waals surface area contributed by atoms with Crippen molar-refractivity contribution in [3.05, 3.63) is 18.0 Å². The first kappa shape index (κ1) is 8.73. The molecular formula is C7H12N4O. The number of likely N-dealkylation sites (N-methyl/N-ethyl adjacent to an activating group) is 1. The number of H-pyrrole nitrogens is 1. The van der Waals surface area contributed by atoms with Crippen LogP contribution in [0.1, 0.15) is 5.69 Å². The van der Waals surface area contributed by atoms with E-state index >= 15 is 0 Å². The first-order valence-electron chi connectivity index (χ1n) is 3.72. The van der Waals surface area contributed by atoms with Gasteiger partial charge in [0.25, 0.3) is 0 Å². The molecule has 0 saturated heterocycles. The number of amides is 1. The number of nitrogens with one attached hydrogen (secondary N) is 3. The monoisotopic (exact) mass is 168 g/mol. The van der Waals surface area contributed by atoms with E-state index in [1.807, 2.05) is 6.07 Å². The van der Waals surface area contributed by atoms with Gasteiger partial charge < -0.3 is 10.6 Å². The Kier molecular flexibility index (Phi) is 3.28. The molecule has 0 fully saturated rings. The Balaban J connectivity index is 2.22. The van der Waals surface area contributed by atoms with Crippen LogP contribution in [-0.4, -0.2) is 29.7 Å². The van der Waals surface area contributed by atoms with Crippen LogP contribution in [0.3, 0.4) is 0 Å². The highest BCUT2D eigenvalue weighted by Crippen LogP contribution is 1.88. The van der Waals surface area contributed by atoms with Gasteiger partial charge in [-0.15, -0.1) is 0 Å². The van der Waals surface area contributed by atoms with E-state index in [-0.39, 0.29) is 5.91 Å². The lowest BCUT2D eigenvalue weighted by molar-refractivity contribution is -0.120. The van der Waals surface area contributed by atoms with Gasteiger partial charge in [-0.1, -0.05) is 0 Å². The van der Waals surface area contributed by atoms with Crippen molar-refractivity contribution in [2.75, 3.05) is 13.6 Å². The van der Waals surface area contributed by atoms with Crippen molar-refractivity contribution in [1.82, 2.24) is 20.8 Å². The maximum absolute atomic E-state index is 10.9. The molecule has 1 rings (SSSR count). The highest BCUT2D eigenvalue weighted by atomic mass is 16.1. The van der Waals surface area contributed by atoms with E-state index in [1.165, 1.54) is 0 Å². The molecule has 0 aliphatic rings. The lowest BCUT2D eigenvalue weighted by atomic mass is 10.4. The zero-order chi connectivity index (χ0) is 8.81. The van der Waals surface area contributed by atoms with Crippen molar-refractivity contribution in [2.45, 2.75) is 6.54 Å². The van der Waals surface area contributed by atoms with Crippen LogP contribution >= 0.6 is 0 Å². The molecule has 0 saturated carbocycles. The molecule has 0 atom stereocenters. The molecule has 1 amide bonds. The molecule has 3 N–H and O–H groups in total. The summed E-state index contributed by atoms with van der Waals surface area (Å²) in [5.41, 5.74) is 0.902. The summed E-state index contributed by atoms with van der Waals surface area (Å²) in [6.07, 6.45) is 1.65. The number of rotatable bonds is 4. The lowest BCUT2D eigenvalue weighted by Gasteiger charge is -2.01. The van der Waals surface area contributed by atoms with Crippen LogP contribution < -0.4 is 10.6 Å². The minimum absolute atomic E-state index is 0.0212. The first-order chi connectivity index (χ1) is 5.83. The zero-order valence-electron chi connectivity index (χ0n) is 6.92. The van der Waals surface area contributed by atoms with Crippen LogP contribution in [0, 0.1) is 0 Å². The molecule has 0 unspecified atom stereocenters. The average molecular weight is 168 g/mol. The molecule has 0 spiro atoms. The zero-order valence-corrected chi connectivity index (χ0v) is 6.92. The second-order valence-corrected chi connectivity index (χ2v) is 2.39. The predicted octanol–water partition coefficient (Wildman–Crippen LogP) is -0.755. The van der Waals surface area contributed by atoms with Crippen LogP contribution in [0.25, 0.3) is 0 Å². The van der Waals surface area contributed by atoms with Gasteiger partial charge in [0.15, 0.2) is 0 Å². The summed E-state index contributed by atoms with van der Waals surface area (Å²) < 4.78 is 0. The van der Waals surface area contributed by atoms with Crippen LogP contribution in [-0.2, 0) is 11.3 Å². The van der Waals surface area contributed by atoms with Gasteiger partial charge in [0, 0.05) is 6.20 Å². The summed E-state index contributed by atoms with van der Waals surface area (Å²) in [6, 6.07) is 1.82. The highest BCUT2D eigenvalue weighted by molar-refractivity contribution is 5.77. The molecule has 1 heterocycles. The third-order valence-electron chi connectivity index (χ3n) is 1.37. The fourth-order valence-corrected chi connectivity index (χ4v) is 0.800. The van der Waals surface area contributed by atoms with Gasteiger partial charge in [0.05, 0.1) is 18.8 Å². The molecule has 0 aromatic carbocycles. The predicted molar refractivity (Wildman–Crippen MR) is 44.4 cm³/mol. The molecule has 1 aromatic rings. The molecule has 0 aliphatic carbocycles. The minimum atomic E-state index is -0.0212. The minimum Gasteiger partial charge on any atom is -0.349 e. The van der Waals surface area contributed by atoms with Gasteiger partial charge >= 0.3 is 0 Å². The second-order valence-electron chi connectivity index (χ2n) is 2.39. The fraction of sp³-hybridized carbons (Fsp3) is 0.429. The first-order valence-corrected chi connectivity index (χ1v) is 3.72. The van der Waals surface area contributed by atoms with Crippen molar-refractivity contribution in [3.63, 3.8) is 0 Å². The molecule has 0 aliphatic heterocycles. The van der Waals surface area contributed by atoms with E-state index in [0.717, 1.165) is 5.69 Å². The third kappa shape index (κ3) is 2.71. The number of hydrogen-bond acceptors (Lipinski definition) is 3. The van der Waals surface area contributed by atoms with Crippen molar-refractivity contribution < 1.29 is 4.79 Å². The molecule has 5 nitrogen and oxygen atoms in total. The van der Waals surface area contributed by atoms with Gasteiger partial charge in [0.1, 0.15) is 0 Å². The molecule has 5 heteroatoms. The SMILES string of the molecule is CNCC(=O)NCc1ccn[nH]1. The summed E-state index contributed by atoms with van der Waals surface area (Å²) in [5.74, 6) is -0.0212. The maximum atomic E-state index is 10.9. The van der Waals surface area contributed by atoms with E-state index in [2.05, 4.69) is 20.8 Å². The summed E-state index contributed by atoms with van der Waals surface area (Å²) >= 11 is 0. The van der Waals surface area contributed by atoms with Crippen molar-refractivity contribution >= 4 is 5.91 Å². The Hall–Kier alpha value is -1.36. The molecule has 1 aromatic heterocycles. The van der Waals surface area contributed by atoms with E-state index in [1.54, 1.807) is 13.2 Å². The standard InChI is InChI=1S/C7H12N4O/c1-8-5-7(12)9-4-6-2-3-10-11-6/h2-3,8H,4-5H2,1H3,(H,9,12)(H,10,11). The van der Waals surface area contributed by atoms with Crippen LogP contribution in [0.2, 0.25) is 0 Å². The van der Waals surface area contributed by atoms with Crippen LogP contribution in [0.5, 0.6) is 0 Å².